The van der Waals surface area contributed by atoms with Gasteiger partial charge in [0.2, 0.25) is 0 Å². The molecule has 2 aromatic rings. The lowest BCUT2D eigenvalue weighted by molar-refractivity contribution is -0.136. The Balaban J connectivity index is 1.68. The van der Waals surface area contributed by atoms with Crippen LogP contribution in [-0.4, -0.2) is 44.9 Å². The number of carbonyl (C=O) groups is 3. The number of nitrogens with zero attached hydrogens (tertiary/aromatic N) is 1. The summed E-state index contributed by atoms with van der Waals surface area (Å²) < 4.78 is 15.8. The van der Waals surface area contributed by atoms with E-state index in [9.17, 15) is 14.4 Å². The number of ether oxygens (including phenoxy) is 3. The van der Waals surface area contributed by atoms with Gasteiger partial charge in [-0.3, -0.25) is 4.79 Å². The minimum absolute atomic E-state index is 0.252. The predicted molar refractivity (Wildman–Crippen MR) is 130 cm³/mol. The molecule has 0 radical (unpaired) electrons. The van der Waals surface area contributed by atoms with Crippen molar-refractivity contribution in [3.63, 3.8) is 0 Å². The normalized spacial score (nSPS) is 15.3. The highest BCUT2D eigenvalue weighted by Gasteiger charge is 2.32. The fraction of sp³-hybridized carbons (Fsp3) is 0.217. The number of hydrazone groups is 1. The third kappa shape index (κ3) is 6.43. The third-order valence-corrected chi connectivity index (χ3v) is 5.64. The van der Waals surface area contributed by atoms with Gasteiger partial charge >= 0.3 is 12.0 Å². The Morgan fingerprint density at radius 3 is 2.57 bits per heavy atom. The van der Waals surface area contributed by atoms with E-state index in [0.717, 1.165) is 0 Å². The smallest absolute Gasteiger partial charge is 0.337 e. The van der Waals surface area contributed by atoms with Crippen molar-refractivity contribution in [3.05, 3.63) is 68.8 Å². The summed E-state index contributed by atoms with van der Waals surface area (Å²) in [4.78, 5) is 36.4. The lowest BCUT2D eigenvalue weighted by Gasteiger charge is -2.28. The molecule has 35 heavy (non-hydrogen) atoms. The Morgan fingerprint density at radius 2 is 1.89 bits per heavy atom. The maximum atomic E-state index is 12.3. The molecule has 0 saturated carbocycles. The van der Waals surface area contributed by atoms with Crippen LogP contribution in [0, 0.1) is 0 Å². The van der Waals surface area contributed by atoms with Crippen molar-refractivity contribution in [1.29, 1.82) is 0 Å². The summed E-state index contributed by atoms with van der Waals surface area (Å²) >= 11 is 11.8. The van der Waals surface area contributed by atoms with Gasteiger partial charge in [-0.15, -0.1) is 0 Å². The van der Waals surface area contributed by atoms with Crippen LogP contribution in [0.1, 0.15) is 24.1 Å². The van der Waals surface area contributed by atoms with Crippen LogP contribution in [0.3, 0.4) is 0 Å². The van der Waals surface area contributed by atoms with E-state index in [0.29, 0.717) is 32.6 Å². The fourth-order valence-electron chi connectivity index (χ4n) is 3.25. The number of nitrogens with one attached hydrogen (secondary N) is 3. The maximum Gasteiger partial charge on any atom is 0.337 e. The number of hydrogen-bond donors (Lipinski definition) is 3. The Morgan fingerprint density at radius 1 is 1.11 bits per heavy atom. The number of esters is 1. The molecule has 2 aromatic carbocycles. The molecule has 0 fully saturated rings. The fourth-order valence-corrected chi connectivity index (χ4v) is 3.56. The second kappa shape index (κ2) is 11.6. The molecule has 1 heterocycles. The average molecular weight is 521 g/mol. The average Bonchev–Trinajstić information content (AvgIpc) is 2.84. The Kier molecular flexibility index (Phi) is 8.56. The number of allylic oxidation sites excluding steroid dienone is 1. The van der Waals surface area contributed by atoms with Gasteiger partial charge in [-0.25, -0.2) is 15.0 Å². The van der Waals surface area contributed by atoms with Gasteiger partial charge in [-0.1, -0.05) is 35.3 Å². The van der Waals surface area contributed by atoms with Crippen molar-refractivity contribution in [2.75, 3.05) is 20.8 Å². The molecule has 0 unspecified atom stereocenters. The molecule has 3 N–H and O–H groups in total. The van der Waals surface area contributed by atoms with Gasteiger partial charge < -0.3 is 24.8 Å². The Labute approximate surface area is 211 Å². The van der Waals surface area contributed by atoms with Gasteiger partial charge in [0.25, 0.3) is 5.91 Å². The minimum atomic E-state index is -0.766. The van der Waals surface area contributed by atoms with Gasteiger partial charge in [-0.05, 0) is 42.3 Å². The van der Waals surface area contributed by atoms with Gasteiger partial charge in [0.05, 0.1) is 42.1 Å². The highest BCUT2D eigenvalue weighted by atomic mass is 35.5. The first-order valence-corrected chi connectivity index (χ1v) is 10.9. The van der Waals surface area contributed by atoms with Crippen LogP contribution in [0.2, 0.25) is 10.0 Å². The number of amides is 3. The number of rotatable bonds is 8. The molecule has 1 aliphatic heterocycles. The van der Waals surface area contributed by atoms with Crippen LogP contribution in [-0.2, 0) is 14.3 Å². The molecular weight excluding hydrogens is 499 g/mol. The van der Waals surface area contributed by atoms with E-state index < -0.39 is 23.9 Å². The van der Waals surface area contributed by atoms with Crippen molar-refractivity contribution >= 4 is 47.3 Å². The Hall–Kier alpha value is -3.76. The van der Waals surface area contributed by atoms with Gasteiger partial charge in [0.15, 0.2) is 18.1 Å². The monoisotopic (exact) mass is 520 g/mol. The van der Waals surface area contributed by atoms with Crippen LogP contribution in [0.5, 0.6) is 11.5 Å². The summed E-state index contributed by atoms with van der Waals surface area (Å²) in [6, 6.07) is 8.50. The molecule has 0 aliphatic carbocycles. The summed E-state index contributed by atoms with van der Waals surface area (Å²) in [7, 11) is 2.68. The summed E-state index contributed by atoms with van der Waals surface area (Å²) in [5, 5.41) is 9.89. The molecule has 1 atom stereocenters. The molecule has 3 rings (SSSR count). The van der Waals surface area contributed by atoms with Crippen LogP contribution in [0.15, 0.2) is 52.8 Å². The van der Waals surface area contributed by atoms with Crippen molar-refractivity contribution in [2.45, 2.75) is 13.0 Å². The lowest BCUT2D eigenvalue weighted by atomic mass is 9.95. The lowest BCUT2D eigenvalue weighted by Crippen LogP contribution is -2.45. The number of benzene rings is 2. The van der Waals surface area contributed by atoms with Crippen LogP contribution >= 0.6 is 23.2 Å². The first-order valence-electron chi connectivity index (χ1n) is 10.2. The molecule has 0 bridgehead atoms. The number of methoxy groups -OCH3 is 2. The van der Waals surface area contributed by atoms with Crippen LogP contribution < -0.4 is 25.5 Å². The first-order chi connectivity index (χ1) is 16.7. The van der Waals surface area contributed by atoms with Crippen molar-refractivity contribution in [3.8, 4) is 11.5 Å². The van der Waals surface area contributed by atoms with Crippen LogP contribution in [0.4, 0.5) is 4.79 Å². The zero-order valence-corrected chi connectivity index (χ0v) is 20.5. The van der Waals surface area contributed by atoms with E-state index in [2.05, 4.69) is 21.2 Å². The zero-order chi connectivity index (χ0) is 25.5. The van der Waals surface area contributed by atoms with Crippen molar-refractivity contribution < 1.29 is 28.6 Å². The number of carbonyl (C=O) groups excluding carboxylic acids is 3. The zero-order valence-electron chi connectivity index (χ0n) is 19.0. The SMILES string of the molecule is COC(=O)C1=C(C)NC(=O)N[C@@H]1c1ccc(OCC(=O)N/N=C\c2ccc(Cl)c(Cl)c2)c(OC)c1. The summed E-state index contributed by atoms with van der Waals surface area (Å²) in [6.45, 7) is 1.26. The number of hydrogen-bond acceptors (Lipinski definition) is 7. The summed E-state index contributed by atoms with van der Waals surface area (Å²) in [5.74, 6) is -0.522. The Bertz CT molecular complexity index is 1210. The van der Waals surface area contributed by atoms with E-state index in [-0.39, 0.29) is 17.9 Å². The van der Waals surface area contributed by atoms with Gasteiger partial charge in [0.1, 0.15) is 0 Å². The molecule has 0 spiro atoms. The first kappa shape index (κ1) is 25.9. The topological polar surface area (TPSA) is 127 Å². The standard InChI is InChI=1S/C23H22Cl2N4O6/c1-12-20(22(31)34-3)21(28-23(32)27-12)14-5-7-17(18(9-14)33-2)35-11-19(30)29-26-10-13-4-6-15(24)16(25)8-13/h4-10,21H,11H2,1-3H3,(H,29,30)(H2,27,28,32)/b26-10-/t21-/m1/s1. The molecule has 184 valence electrons. The molecule has 0 aromatic heterocycles. The van der Waals surface area contributed by atoms with Crippen molar-refractivity contribution in [2.24, 2.45) is 5.10 Å². The highest BCUT2D eigenvalue weighted by Crippen LogP contribution is 2.34. The number of halogens is 2. The second-order valence-corrected chi connectivity index (χ2v) is 8.04. The summed E-state index contributed by atoms with van der Waals surface area (Å²) in [6.07, 6.45) is 1.41. The second-order valence-electron chi connectivity index (χ2n) is 7.23. The van der Waals surface area contributed by atoms with E-state index in [1.54, 1.807) is 43.3 Å². The number of urea groups is 1. The van der Waals surface area contributed by atoms with Gasteiger partial charge in [0, 0.05) is 5.70 Å². The van der Waals surface area contributed by atoms with E-state index in [4.69, 9.17) is 37.4 Å². The summed E-state index contributed by atoms with van der Waals surface area (Å²) in [5.41, 5.74) is 4.18. The third-order valence-electron chi connectivity index (χ3n) is 4.90. The van der Waals surface area contributed by atoms with E-state index in [1.165, 1.54) is 20.4 Å². The van der Waals surface area contributed by atoms with Gasteiger partial charge in [-0.2, -0.15) is 5.10 Å². The quantitative estimate of drug-likeness (QED) is 0.278. The van der Waals surface area contributed by atoms with Crippen LogP contribution in [0.25, 0.3) is 0 Å². The molecule has 10 nitrogen and oxygen atoms in total. The maximum absolute atomic E-state index is 12.3. The minimum Gasteiger partial charge on any atom is -0.493 e. The predicted octanol–water partition coefficient (Wildman–Crippen LogP) is 3.33. The van der Waals surface area contributed by atoms with E-state index in [1.807, 2.05) is 0 Å². The van der Waals surface area contributed by atoms with E-state index >= 15 is 0 Å². The molecule has 1 aliphatic rings. The molecular formula is C23H22Cl2N4O6. The molecule has 0 saturated heterocycles. The molecule has 3 amide bonds. The largest absolute Gasteiger partial charge is 0.493 e. The van der Waals surface area contributed by atoms with Crippen molar-refractivity contribution in [1.82, 2.24) is 16.1 Å². The highest BCUT2D eigenvalue weighted by molar-refractivity contribution is 6.42. The molecule has 12 heteroatoms.